The summed E-state index contributed by atoms with van der Waals surface area (Å²) in [5, 5.41) is 8.75. The molecule has 2 N–H and O–H groups in total. The summed E-state index contributed by atoms with van der Waals surface area (Å²) < 4.78 is 4.97. The average Bonchev–Trinajstić information content (AvgIpc) is 2.64. The van der Waals surface area contributed by atoms with Gasteiger partial charge >= 0.3 is 0 Å². The summed E-state index contributed by atoms with van der Waals surface area (Å²) in [5.74, 6) is 0.772. The molecular weight excluding hydrogens is 240 g/mol. The van der Waals surface area contributed by atoms with E-state index in [2.05, 4.69) is 9.36 Å². The Kier molecular flexibility index (Phi) is 3.08. The number of benzene rings is 1. The molecule has 1 aromatic carbocycles. The van der Waals surface area contributed by atoms with Gasteiger partial charge in [0.05, 0.1) is 11.3 Å². The number of aromatic nitrogens is 2. The lowest BCUT2D eigenvalue weighted by Crippen LogP contribution is -1.89. The minimum Gasteiger partial charge on any atom is -0.398 e. The van der Waals surface area contributed by atoms with E-state index in [-0.39, 0.29) is 0 Å². The molecule has 0 aliphatic carbocycles. The fraction of sp³-hybridized carbons (Fsp3) is 0.100. The van der Waals surface area contributed by atoms with Gasteiger partial charge in [0.15, 0.2) is 4.34 Å². The largest absolute Gasteiger partial charge is 0.398 e. The predicted molar refractivity (Wildman–Crippen MR) is 64.3 cm³/mol. The first-order chi connectivity index (χ1) is 7.69. The second-order valence-electron chi connectivity index (χ2n) is 3.07. The third-order valence-corrected chi connectivity index (χ3v) is 3.69. The highest BCUT2D eigenvalue weighted by atomic mass is 32.2. The minimum atomic E-state index is 0.494. The number of nitrogen functional groups attached to an aromatic ring is 1. The van der Waals surface area contributed by atoms with Crippen LogP contribution in [0.4, 0.5) is 5.69 Å². The standard InChI is InChI=1S/C10H8N4S2/c1-6-13-10(16-14-6)15-8-3-2-7(5-11)9(12)4-8/h2-4H,12H2,1H3. The lowest BCUT2D eigenvalue weighted by atomic mass is 10.2. The van der Waals surface area contributed by atoms with E-state index in [1.807, 2.05) is 19.1 Å². The Balaban J connectivity index is 2.23. The van der Waals surface area contributed by atoms with Crippen molar-refractivity contribution < 1.29 is 0 Å². The van der Waals surface area contributed by atoms with Gasteiger partial charge in [0.1, 0.15) is 11.9 Å². The molecule has 1 aromatic heterocycles. The fourth-order valence-corrected chi connectivity index (χ4v) is 2.80. The van der Waals surface area contributed by atoms with Gasteiger partial charge in [0.25, 0.3) is 0 Å². The fourth-order valence-electron chi connectivity index (χ4n) is 1.13. The van der Waals surface area contributed by atoms with Crippen molar-refractivity contribution in [1.82, 2.24) is 9.36 Å². The van der Waals surface area contributed by atoms with Gasteiger partial charge in [-0.3, -0.25) is 0 Å². The van der Waals surface area contributed by atoms with E-state index in [0.717, 1.165) is 15.1 Å². The zero-order chi connectivity index (χ0) is 11.5. The van der Waals surface area contributed by atoms with Gasteiger partial charge in [-0.15, -0.1) is 0 Å². The first-order valence-electron chi connectivity index (χ1n) is 4.47. The van der Waals surface area contributed by atoms with Crippen molar-refractivity contribution in [3.8, 4) is 6.07 Å². The second-order valence-corrected chi connectivity index (χ2v) is 5.14. The highest BCUT2D eigenvalue weighted by molar-refractivity contribution is 8.01. The molecule has 0 saturated carbocycles. The molecule has 2 aromatic rings. The van der Waals surface area contributed by atoms with Gasteiger partial charge in [0.2, 0.25) is 0 Å². The lowest BCUT2D eigenvalue weighted by molar-refractivity contribution is 1.10. The summed E-state index contributed by atoms with van der Waals surface area (Å²) in [6.07, 6.45) is 0. The third-order valence-electron chi connectivity index (χ3n) is 1.86. The predicted octanol–water partition coefficient (Wildman–Crippen LogP) is 2.45. The Bertz CT molecular complexity index is 556. The van der Waals surface area contributed by atoms with Crippen LogP contribution in [0.2, 0.25) is 0 Å². The molecule has 4 nitrogen and oxygen atoms in total. The van der Waals surface area contributed by atoms with Gasteiger partial charge in [-0.05, 0) is 36.7 Å². The third kappa shape index (κ3) is 2.32. The molecule has 1 heterocycles. The van der Waals surface area contributed by atoms with Gasteiger partial charge < -0.3 is 5.73 Å². The molecule has 2 rings (SSSR count). The first-order valence-corrected chi connectivity index (χ1v) is 6.06. The van der Waals surface area contributed by atoms with Gasteiger partial charge in [-0.1, -0.05) is 11.8 Å². The summed E-state index contributed by atoms with van der Waals surface area (Å²) in [6, 6.07) is 7.38. The van der Waals surface area contributed by atoms with Crippen LogP contribution >= 0.6 is 23.3 Å². The highest BCUT2D eigenvalue weighted by Crippen LogP contribution is 2.30. The minimum absolute atomic E-state index is 0.494. The molecule has 0 aliphatic rings. The molecule has 80 valence electrons. The molecule has 0 fully saturated rings. The summed E-state index contributed by atoms with van der Waals surface area (Å²) in [5.41, 5.74) is 6.71. The molecule has 6 heteroatoms. The number of hydrogen-bond donors (Lipinski definition) is 1. The Morgan fingerprint density at radius 3 is 2.88 bits per heavy atom. The number of anilines is 1. The average molecular weight is 248 g/mol. The molecule has 0 bridgehead atoms. The number of nitriles is 1. The van der Waals surface area contributed by atoms with Crippen LogP contribution in [0.25, 0.3) is 0 Å². The number of rotatable bonds is 2. The van der Waals surface area contributed by atoms with Crippen molar-refractivity contribution in [2.75, 3.05) is 5.73 Å². The maximum atomic E-state index is 8.75. The second kappa shape index (κ2) is 4.51. The van der Waals surface area contributed by atoms with Crippen LogP contribution in [0.1, 0.15) is 11.4 Å². The van der Waals surface area contributed by atoms with E-state index in [1.165, 1.54) is 23.3 Å². The summed E-state index contributed by atoms with van der Waals surface area (Å²) in [6.45, 7) is 1.85. The van der Waals surface area contributed by atoms with Crippen LogP contribution in [0, 0.1) is 18.3 Å². The number of aryl methyl sites for hydroxylation is 1. The van der Waals surface area contributed by atoms with E-state index in [0.29, 0.717) is 11.3 Å². The van der Waals surface area contributed by atoms with Gasteiger partial charge in [-0.2, -0.15) is 9.64 Å². The molecule has 16 heavy (non-hydrogen) atoms. The van der Waals surface area contributed by atoms with Crippen molar-refractivity contribution >= 4 is 29.0 Å². The quantitative estimate of drug-likeness (QED) is 0.826. The van der Waals surface area contributed by atoms with E-state index in [1.54, 1.807) is 12.1 Å². The molecule has 0 spiro atoms. The number of nitrogens with zero attached hydrogens (tertiary/aromatic N) is 3. The normalized spacial score (nSPS) is 10.0. The van der Waals surface area contributed by atoms with E-state index < -0.39 is 0 Å². The molecule has 0 radical (unpaired) electrons. The summed E-state index contributed by atoms with van der Waals surface area (Å²) >= 11 is 2.85. The zero-order valence-electron chi connectivity index (χ0n) is 8.47. The van der Waals surface area contributed by atoms with E-state index >= 15 is 0 Å². The topological polar surface area (TPSA) is 75.6 Å². The van der Waals surface area contributed by atoms with Crippen LogP contribution in [-0.2, 0) is 0 Å². The van der Waals surface area contributed by atoms with Gasteiger partial charge in [-0.25, -0.2) is 4.98 Å². The molecular formula is C10H8N4S2. The number of nitrogens with two attached hydrogens (primary N) is 1. The van der Waals surface area contributed by atoms with Crippen molar-refractivity contribution in [2.24, 2.45) is 0 Å². The molecule has 0 saturated heterocycles. The Morgan fingerprint density at radius 1 is 1.50 bits per heavy atom. The van der Waals surface area contributed by atoms with Crippen LogP contribution in [-0.4, -0.2) is 9.36 Å². The highest BCUT2D eigenvalue weighted by Gasteiger charge is 2.05. The SMILES string of the molecule is Cc1nsc(Sc2ccc(C#N)c(N)c2)n1. The smallest absolute Gasteiger partial charge is 0.174 e. The molecule has 0 unspecified atom stereocenters. The Hall–Kier alpha value is -1.58. The maximum Gasteiger partial charge on any atom is 0.174 e. The molecule has 0 aliphatic heterocycles. The van der Waals surface area contributed by atoms with Crippen LogP contribution in [0.5, 0.6) is 0 Å². The Morgan fingerprint density at radius 2 is 2.31 bits per heavy atom. The van der Waals surface area contributed by atoms with Crippen LogP contribution < -0.4 is 5.73 Å². The van der Waals surface area contributed by atoms with Crippen molar-refractivity contribution in [3.63, 3.8) is 0 Å². The summed E-state index contributed by atoms with van der Waals surface area (Å²) in [4.78, 5) is 5.21. The Labute approximate surface area is 101 Å². The van der Waals surface area contributed by atoms with Crippen molar-refractivity contribution in [2.45, 2.75) is 16.2 Å². The van der Waals surface area contributed by atoms with E-state index in [4.69, 9.17) is 11.0 Å². The summed E-state index contributed by atoms with van der Waals surface area (Å²) in [7, 11) is 0. The van der Waals surface area contributed by atoms with Crippen molar-refractivity contribution in [1.29, 1.82) is 5.26 Å². The molecule has 0 atom stereocenters. The van der Waals surface area contributed by atoms with Crippen molar-refractivity contribution in [3.05, 3.63) is 29.6 Å². The van der Waals surface area contributed by atoms with Gasteiger partial charge in [0, 0.05) is 4.90 Å². The monoisotopic (exact) mass is 248 g/mol. The lowest BCUT2D eigenvalue weighted by Gasteiger charge is -2.00. The number of hydrogen-bond acceptors (Lipinski definition) is 6. The maximum absolute atomic E-state index is 8.75. The van der Waals surface area contributed by atoms with E-state index in [9.17, 15) is 0 Å². The van der Waals surface area contributed by atoms with Crippen LogP contribution in [0.3, 0.4) is 0 Å². The zero-order valence-corrected chi connectivity index (χ0v) is 10.1. The first kappa shape index (κ1) is 10.9. The van der Waals surface area contributed by atoms with Crippen LogP contribution in [0.15, 0.2) is 27.4 Å². The molecule has 0 amide bonds.